The standard InChI is InChI=1S/C17H22N2O3/c1-4-5-10-22-13-8-6-12(7-9-13)15-11-14(17(2,3)21)16(20)19-18-15/h6-9,11,21H,4-5,10H2,1-3H3,(H,19,20). The van der Waals surface area contributed by atoms with Gasteiger partial charge >= 0.3 is 0 Å². The highest BCUT2D eigenvalue weighted by Crippen LogP contribution is 2.23. The third-order valence-electron chi connectivity index (χ3n) is 3.38. The van der Waals surface area contributed by atoms with Gasteiger partial charge in [0, 0.05) is 5.56 Å². The van der Waals surface area contributed by atoms with E-state index in [-0.39, 0.29) is 5.56 Å². The predicted octanol–water partition coefficient (Wildman–Crippen LogP) is 2.84. The lowest BCUT2D eigenvalue weighted by Gasteiger charge is -2.16. The first-order valence-corrected chi connectivity index (χ1v) is 7.47. The number of benzene rings is 1. The van der Waals surface area contributed by atoms with Crippen LogP contribution in [0, 0.1) is 0 Å². The summed E-state index contributed by atoms with van der Waals surface area (Å²) in [5.74, 6) is 0.810. The van der Waals surface area contributed by atoms with Crippen LogP contribution in [-0.4, -0.2) is 21.9 Å². The highest BCUT2D eigenvalue weighted by Gasteiger charge is 2.21. The summed E-state index contributed by atoms with van der Waals surface area (Å²) in [6.07, 6.45) is 2.12. The van der Waals surface area contributed by atoms with Gasteiger partial charge in [0.15, 0.2) is 0 Å². The minimum atomic E-state index is -1.21. The molecule has 1 heterocycles. The van der Waals surface area contributed by atoms with Crippen LogP contribution in [0.5, 0.6) is 5.75 Å². The number of aliphatic hydroxyl groups is 1. The molecule has 0 aliphatic carbocycles. The molecule has 118 valence electrons. The minimum Gasteiger partial charge on any atom is -0.494 e. The zero-order valence-corrected chi connectivity index (χ0v) is 13.2. The average molecular weight is 302 g/mol. The maximum absolute atomic E-state index is 11.8. The Bertz CT molecular complexity index is 670. The molecule has 0 aliphatic heterocycles. The van der Waals surface area contributed by atoms with Gasteiger partial charge in [-0.05, 0) is 50.6 Å². The monoisotopic (exact) mass is 302 g/mol. The van der Waals surface area contributed by atoms with Crippen LogP contribution in [0.4, 0.5) is 0 Å². The van der Waals surface area contributed by atoms with Gasteiger partial charge in [0.05, 0.1) is 23.5 Å². The largest absolute Gasteiger partial charge is 0.494 e. The number of hydrogen-bond donors (Lipinski definition) is 2. The van der Waals surface area contributed by atoms with E-state index in [9.17, 15) is 9.90 Å². The van der Waals surface area contributed by atoms with E-state index in [4.69, 9.17) is 4.74 Å². The van der Waals surface area contributed by atoms with E-state index < -0.39 is 5.60 Å². The Labute approximate surface area is 130 Å². The smallest absolute Gasteiger partial charge is 0.270 e. The number of nitrogens with one attached hydrogen (secondary N) is 1. The van der Waals surface area contributed by atoms with Crippen molar-refractivity contribution in [3.8, 4) is 17.0 Å². The Balaban J connectivity index is 2.23. The second-order valence-corrected chi connectivity index (χ2v) is 5.78. The Hall–Kier alpha value is -2.14. The van der Waals surface area contributed by atoms with Crippen molar-refractivity contribution < 1.29 is 9.84 Å². The number of aromatic nitrogens is 2. The Morgan fingerprint density at radius 1 is 1.27 bits per heavy atom. The first-order valence-electron chi connectivity index (χ1n) is 7.47. The van der Waals surface area contributed by atoms with Crippen LogP contribution in [0.25, 0.3) is 11.3 Å². The first-order chi connectivity index (χ1) is 10.4. The fourth-order valence-corrected chi connectivity index (χ4v) is 2.06. The zero-order chi connectivity index (χ0) is 16.2. The maximum Gasteiger partial charge on any atom is 0.270 e. The molecule has 0 bridgehead atoms. The van der Waals surface area contributed by atoms with E-state index in [1.807, 2.05) is 24.3 Å². The summed E-state index contributed by atoms with van der Waals surface area (Å²) in [6.45, 7) is 5.97. The third-order valence-corrected chi connectivity index (χ3v) is 3.38. The number of unbranched alkanes of at least 4 members (excludes halogenated alkanes) is 1. The molecule has 5 heteroatoms. The van der Waals surface area contributed by atoms with Crippen molar-refractivity contribution in [3.05, 3.63) is 46.2 Å². The summed E-state index contributed by atoms with van der Waals surface area (Å²) in [7, 11) is 0. The first kappa shape index (κ1) is 16.2. The molecule has 22 heavy (non-hydrogen) atoms. The van der Waals surface area contributed by atoms with Crippen molar-refractivity contribution in [1.82, 2.24) is 10.2 Å². The van der Waals surface area contributed by atoms with Crippen LogP contribution in [0.15, 0.2) is 35.1 Å². The number of hydrogen-bond acceptors (Lipinski definition) is 4. The van der Waals surface area contributed by atoms with Crippen molar-refractivity contribution in [1.29, 1.82) is 0 Å². The zero-order valence-electron chi connectivity index (χ0n) is 13.2. The molecule has 0 spiro atoms. The van der Waals surface area contributed by atoms with Gasteiger partial charge in [-0.25, -0.2) is 5.10 Å². The van der Waals surface area contributed by atoms with E-state index in [0.29, 0.717) is 17.9 Å². The Morgan fingerprint density at radius 3 is 2.55 bits per heavy atom. The van der Waals surface area contributed by atoms with Gasteiger partial charge in [-0.1, -0.05) is 13.3 Å². The molecule has 0 aliphatic rings. The van der Waals surface area contributed by atoms with Crippen LogP contribution >= 0.6 is 0 Å². The molecule has 0 radical (unpaired) electrons. The van der Waals surface area contributed by atoms with Gasteiger partial charge in [0.25, 0.3) is 5.56 Å². The molecule has 2 N–H and O–H groups in total. The van der Waals surface area contributed by atoms with Crippen molar-refractivity contribution in [3.63, 3.8) is 0 Å². The summed E-state index contributed by atoms with van der Waals surface area (Å²) in [6, 6.07) is 9.14. The average Bonchev–Trinajstić information content (AvgIpc) is 2.48. The fourth-order valence-electron chi connectivity index (χ4n) is 2.06. The number of aromatic amines is 1. The molecule has 0 amide bonds. The summed E-state index contributed by atoms with van der Waals surface area (Å²) in [5, 5.41) is 16.5. The molecule has 1 aromatic heterocycles. The van der Waals surface area contributed by atoms with Gasteiger partial charge in [0.1, 0.15) is 5.75 Å². The van der Waals surface area contributed by atoms with Gasteiger partial charge in [-0.3, -0.25) is 4.79 Å². The quantitative estimate of drug-likeness (QED) is 0.805. The van der Waals surface area contributed by atoms with Crippen molar-refractivity contribution in [2.75, 3.05) is 6.61 Å². The predicted molar refractivity (Wildman–Crippen MR) is 85.9 cm³/mol. The van der Waals surface area contributed by atoms with E-state index in [1.54, 1.807) is 19.9 Å². The van der Waals surface area contributed by atoms with Crippen LogP contribution in [0.1, 0.15) is 39.2 Å². The molecule has 5 nitrogen and oxygen atoms in total. The molecule has 1 aromatic carbocycles. The second-order valence-electron chi connectivity index (χ2n) is 5.78. The molecular formula is C17H22N2O3. The van der Waals surface area contributed by atoms with Crippen molar-refractivity contribution >= 4 is 0 Å². The number of nitrogens with zero attached hydrogens (tertiary/aromatic N) is 1. The molecule has 0 saturated carbocycles. The number of ether oxygens (including phenoxy) is 1. The lowest BCUT2D eigenvalue weighted by molar-refractivity contribution is 0.0769. The van der Waals surface area contributed by atoms with Crippen LogP contribution in [-0.2, 0) is 5.60 Å². The van der Waals surface area contributed by atoms with Crippen LogP contribution < -0.4 is 10.3 Å². The summed E-state index contributed by atoms with van der Waals surface area (Å²) >= 11 is 0. The number of rotatable bonds is 6. The molecule has 2 rings (SSSR count). The SMILES string of the molecule is CCCCOc1ccc(-c2cc(C(C)(C)O)c(=O)[nH]n2)cc1. The van der Waals surface area contributed by atoms with Crippen molar-refractivity contribution in [2.45, 2.75) is 39.2 Å². The normalized spacial score (nSPS) is 11.5. The topological polar surface area (TPSA) is 75.2 Å². The van der Waals surface area contributed by atoms with Crippen LogP contribution in [0.3, 0.4) is 0 Å². The van der Waals surface area contributed by atoms with E-state index in [2.05, 4.69) is 17.1 Å². The molecular weight excluding hydrogens is 280 g/mol. The third kappa shape index (κ3) is 3.95. The molecule has 2 aromatic rings. The van der Waals surface area contributed by atoms with Gasteiger partial charge in [-0.2, -0.15) is 5.10 Å². The van der Waals surface area contributed by atoms with E-state index >= 15 is 0 Å². The van der Waals surface area contributed by atoms with Gasteiger partial charge < -0.3 is 9.84 Å². The van der Waals surface area contributed by atoms with Crippen LogP contribution in [0.2, 0.25) is 0 Å². The molecule has 0 fully saturated rings. The number of H-pyrrole nitrogens is 1. The lowest BCUT2D eigenvalue weighted by atomic mass is 9.98. The molecule has 0 unspecified atom stereocenters. The fraction of sp³-hybridized carbons (Fsp3) is 0.412. The summed E-state index contributed by atoms with van der Waals surface area (Å²) in [5.41, 5.74) is 0.159. The van der Waals surface area contributed by atoms with E-state index in [1.165, 1.54) is 0 Å². The lowest BCUT2D eigenvalue weighted by Crippen LogP contribution is -2.27. The maximum atomic E-state index is 11.8. The Morgan fingerprint density at radius 2 is 1.95 bits per heavy atom. The van der Waals surface area contributed by atoms with Gasteiger partial charge in [0.2, 0.25) is 0 Å². The molecule has 0 saturated heterocycles. The van der Waals surface area contributed by atoms with E-state index in [0.717, 1.165) is 24.2 Å². The highest BCUT2D eigenvalue weighted by molar-refractivity contribution is 5.60. The highest BCUT2D eigenvalue weighted by atomic mass is 16.5. The Kier molecular flexibility index (Phi) is 4.98. The summed E-state index contributed by atoms with van der Waals surface area (Å²) < 4.78 is 5.62. The molecule has 0 atom stereocenters. The second kappa shape index (κ2) is 6.75. The summed E-state index contributed by atoms with van der Waals surface area (Å²) in [4.78, 5) is 11.8. The van der Waals surface area contributed by atoms with Crippen molar-refractivity contribution in [2.24, 2.45) is 0 Å². The minimum absolute atomic E-state index is 0.292. The van der Waals surface area contributed by atoms with Gasteiger partial charge in [-0.15, -0.1) is 0 Å².